The first-order chi connectivity index (χ1) is 11.6. The Morgan fingerprint density at radius 1 is 1.12 bits per heavy atom. The zero-order valence-electron chi connectivity index (χ0n) is 13.9. The average Bonchev–Trinajstić information content (AvgIpc) is 2.63. The van der Waals surface area contributed by atoms with Crippen molar-refractivity contribution in [3.05, 3.63) is 76.3 Å². The van der Waals surface area contributed by atoms with Crippen LogP contribution in [0.4, 0.5) is 0 Å². The van der Waals surface area contributed by atoms with Crippen molar-refractivity contribution in [2.45, 2.75) is 32.7 Å². The smallest absolute Gasteiger partial charge is 0.261 e. The molecular weight excluding hydrogens is 300 g/mol. The van der Waals surface area contributed by atoms with Gasteiger partial charge >= 0.3 is 0 Å². The number of Topliss-reactive ketones (excluding diaryl/α,β-unsaturated/α-hetero) is 1. The van der Waals surface area contributed by atoms with Crippen LogP contribution in [0, 0.1) is 0 Å². The number of fused-ring (bicyclic) bond motifs is 1. The Morgan fingerprint density at radius 2 is 1.83 bits per heavy atom. The van der Waals surface area contributed by atoms with Gasteiger partial charge in [0.15, 0.2) is 5.78 Å². The normalized spacial score (nSPS) is 12.2. The molecule has 0 saturated carbocycles. The van der Waals surface area contributed by atoms with Crippen LogP contribution in [0.25, 0.3) is 10.9 Å². The quantitative estimate of drug-likeness (QED) is 0.672. The molecule has 2 aromatic carbocycles. The van der Waals surface area contributed by atoms with Crippen molar-refractivity contribution >= 4 is 16.7 Å². The van der Waals surface area contributed by atoms with Crippen molar-refractivity contribution in [3.63, 3.8) is 0 Å². The zero-order valence-corrected chi connectivity index (χ0v) is 13.9. The van der Waals surface area contributed by atoms with Gasteiger partial charge in [0, 0.05) is 5.56 Å². The standard InChI is InChI=1S/C20H20N2O2/c1-3-14(2)15-8-10-16(11-9-15)19(23)12-22-13-21-18-7-5-4-6-17(18)20(22)24/h4-11,13-14H,3,12H2,1-2H3/t14-/m0/s1. The second kappa shape index (κ2) is 6.79. The second-order valence-corrected chi connectivity index (χ2v) is 6.05. The van der Waals surface area contributed by atoms with Crippen molar-refractivity contribution in [1.82, 2.24) is 9.55 Å². The van der Waals surface area contributed by atoms with Gasteiger partial charge < -0.3 is 0 Å². The molecule has 1 atom stereocenters. The molecule has 122 valence electrons. The van der Waals surface area contributed by atoms with Crippen LogP contribution in [0.15, 0.2) is 59.7 Å². The van der Waals surface area contributed by atoms with Gasteiger partial charge in [-0.3, -0.25) is 14.2 Å². The van der Waals surface area contributed by atoms with Crippen molar-refractivity contribution in [2.75, 3.05) is 0 Å². The first-order valence-corrected chi connectivity index (χ1v) is 8.17. The van der Waals surface area contributed by atoms with Crippen LogP contribution in [0.3, 0.4) is 0 Å². The summed E-state index contributed by atoms with van der Waals surface area (Å²) in [5, 5.41) is 0.528. The number of hydrogen-bond donors (Lipinski definition) is 0. The molecule has 0 radical (unpaired) electrons. The maximum Gasteiger partial charge on any atom is 0.261 e. The number of ketones is 1. The van der Waals surface area contributed by atoms with Crippen LogP contribution in [-0.2, 0) is 6.54 Å². The van der Waals surface area contributed by atoms with Crippen LogP contribution >= 0.6 is 0 Å². The van der Waals surface area contributed by atoms with Gasteiger partial charge in [0.1, 0.15) is 0 Å². The highest BCUT2D eigenvalue weighted by atomic mass is 16.1. The minimum Gasteiger partial charge on any atom is -0.292 e. The second-order valence-electron chi connectivity index (χ2n) is 6.05. The Morgan fingerprint density at radius 3 is 2.54 bits per heavy atom. The summed E-state index contributed by atoms with van der Waals surface area (Å²) in [6, 6.07) is 14.8. The predicted molar refractivity (Wildman–Crippen MR) is 95.5 cm³/mol. The van der Waals surface area contributed by atoms with Gasteiger partial charge in [0.25, 0.3) is 5.56 Å². The third-order valence-corrected chi connectivity index (χ3v) is 4.46. The van der Waals surface area contributed by atoms with E-state index in [0.717, 1.165) is 6.42 Å². The Bertz CT molecular complexity index is 926. The lowest BCUT2D eigenvalue weighted by Gasteiger charge is -2.10. The van der Waals surface area contributed by atoms with Crippen molar-refractivity contribution in [2.24, 2.45) is 0 Å². The van der Waals surface area contributed by atoms with Gasteiger partial charge in [-0.15, -0.1) is 0 Å². The molecule has 1 aromatic heterocycles. The molecule has 3 aromatic rings. The Kier molecular flexibility index (Phi) is 4.56. The van der Waals surface area contributed by atoms with E-state index in [1.54, 1.807) is 18.2 Å². The molecule has 3 rings (SSSR count). The molecule has 0 aliphatic heterocycles. The highest BCUT2D eigenvalue weighted by Gasteiger charge is 2.11. The number of hydrogen-bond acceptors (Lipinski definition) is 3. The fourth-order valence-corrected chi connectivity index (χ4v) is 2.70. The van der Waals surface area contributed by atoms with E-state index in [2.05, 4.69) is 18.8 Å². The molecule has 0 saturated heterocycles. The molecular formula is C20H20N2O2. The summed E-state index contributed by atoms with van der Waals surface area (Å²) in [7, 11) is 0. The largest absolute Gasteiger partial charge is 0.292 e. The fraction of sp³-hybridized carbons (Fsp3) is 0.250. The predicted octanol–water partition coefficient (Wildman–Crippen LogP) is 3.79. The van der Waals surface area contributed by atoms with Crippen LogP contribution in [-0.4, -0.2) is 15.3 Å². The SMILES string of the molecule is CC[C@H](C)c1ccc(C(=O)Cn2cnc3ccccc3c2=O)cc1. The van der Waals surface area contributed by atoms with Crippen LogP contribution in [0.2, 0.25) is 0 Å². The van der Waals surface area contributed by atoms with E-state index < -0.39 is 0 Å². The lowest BCUT2D eigenvalue weighted by atomic mass is 9.97. The molecule has 0 bridgehead atoms. The summed E-state index contributed by atoms with van der Waals surface area (Å²) in [5.41, 5.74) is 2.29. The van der Waals surface area contributed by atoms with E-state index in [0.29, 0.717) is 22.4 Å². The summed E-state index contributed by atoms with van der Waals surface area (Å²) in [5.74, 6) is 0.381. The van der Waals surface area contributed by atoms with Gasteiger partial charge in [-0.1, -0.05) is 50.2 Å². The third-order valence-electron chi connectivity index (χ3n) is 4.46. The van der Waals surface area contributed by atoms with Gasteiger partial charge in [-0.2, -0.15) is 0 Å². The Labute approximate surface area is 140 Å². The zero-order chi connectivity index (χ0) is 17.1. The first-order valence-electron chi connectivity index (χ1n) is 8.17. The molecule has 0 fully saturated rings. The lowest BCUT2D eigenvalue weighted by Crippen LogP contribution is -2.24. The molecule has 0 unspecified atom stereocenters. The number of benzene rings is 2. The van der Waals surface area contributed by atoms with E-state index in [9.17, 15) is 9.59 Å². The highest BCUT2D eigenvalue weighted by molar-refractivity contribution is 5.96. The molecule has 1 heterocycles. The first kappa shape index (κ1) is 16.1. The minimum absolute atomic E-state index is 0.000649. The number of carbonyl (C=O) groups excluding carboxylic acids is 1. The number of aromatic nitrogens is 2. The molecule has 24 heavy (non-hydrogen) atoms. The topological polar surface area (TPSA) is 52.0 Å². The Hall–Kier alpha value is -2.75. The van der Waals surface area contributed by atoms with Crippen molar-refractivity contribution in [3.8, 4) is 0 Å². The van der Waals surface area contributed by atoms with Gasteiger partial charge in [0.2, 0.25) is 0 Å². The number of rotatable bonds is 5. The van der Waals surface area contributed by atoms with Gasteiger partial charge in [0.05, 0.1) is 23.8 Å². The molecule has 0 aliphatic carbocycles. The van der Waals surface area contributed by atoms with Crippen LogP contribution in [0.5, 0.6) is 0 Å². The summed E-state index contributed by atoms with van der Waals surface area (Å²) >= 11 is 0. The number of para-hydroxylation sites is 1. The Balaban J connectivity index is 1.85. The molecule has 0 amide bonds. The van der Waals surface area contributed by atoms with Gasteiger partial charge in [-0.05, 0) is 30.0 Å². The number of carbonyl (C=O) groups is 1. The molecule has 4 heteroatoms. The summed E-state index contributed by atoms with van der Waals surface area (Å²) in [4.78, 5) is 29.2. The molecule has 0 aliphatic rings. The van der Waals surface area contributed by atoms with Crippen LogP contribution < -0.4 is 5.56 Å². The summed E-state index contributed by atoms with van der Waals surface area (Å²) in [6.07, 6.45) is 2.50. The maximum atomic E-state index is 12.5. The monoisotopic (exact) mass is 320 g/mol. The van der Waals surface area contributed by atoms with Crippen LogP contribution in [0.1, 0.15) is 42.1 Å². The molecule has 0 spiro atoms. The number of nitrogens with zero attached hydrogens (tertiary/aromatic N) is 2. The molecule has 4 nitrogen and oxygen atoms in total. The van der Waals surface area contributed by atoms with Crippen molar-refractivity contribution < 1.29 is 4.79 Å². The van der Waals surface area contributed by atoms with E-state index in [1.165, 1.54) is 16.5 Å². The summed E-state index contributed by atoms with van der Waals surface area (Å²) < 4.78 is 1.37. The third kappa shape index (κ3) is 3.13. The van der Waals surface area contributed by atoms with Crippen molar-refractivity contribution in [1.29, 1.82) is 0 Å². The average molecular weight is 320 g/mol. The van der Waals surface area contributed by atoms with Gasteiger partial charge in [-0.25, -0.2) is 4.98 Å². The highest BCUT2D eigenvalue weighted by Crippen LogP contribution is 2.19. The van der Waals surface area contributed by atoms with E-state index in [1.807, 2.05) is 30.3 Å². The summed E-state index contributed by atoms with van der Waals surface area (Å²) in [6.45, 7) is 4.30. The van der Waals surface area contributed by atoms with E-state index in [-0.39, 0.29) is 17.9 Å². The molecule has 0 N–H and O–H groups in total. The maximum absolute atomic E-state index is 12.5. The van der Waals surface area contributed by atoms with E-state index in [4.69, 9.17) is 0 Å². The van der Waals surface area contributed by atoms with E-state index >= 15 is 0 Å². The fourth-order valence-electron chi connectivity index (χ4n) is 2.70. The minimum atomic E-state index is -0.190. The lowest BCUT2D eigenvalue weighted by molar-refractivity contribution is 0.0970.